The highest BCUT2D eigenvalue weighted by atomic mass is 16.5. The molecule has 2 heterocycles. The summed E-state index contributed by atoms with van der Waals surface area (Å²) >= 11 is 0. The third-order valence-electron chi connectivity index (χ3n) is 3.54. The van der Waals surface area contributed by atoms with Crippen LogP contribution in [0.1, 0.15) is 5.56 Å². The molecule has 0 aliphatic rings. The highest BCUT2D eigenvalue weighted by Gasteiger charge is 2.10. The second-order valence-corrected chi connectivity index (χ2v) is 5.36. The van der Waals surface area contributed by atoms with Crippen molar-refractivity contribution >= 4 is 17.6 Å². The first-order chi connectivity index (χ1) is 12.7. The number of rotatable bonds is 5. The van der Waals surface area contributed by atoms with Crippen LogP contribution in [0.4, 0.5) is 16.3 Å². The van der Waals surface area contributed by atoms with Crippen LogP contribution in [0, 0.1) is 0 Å². The van der Waals surface area contributed by atoms with Crippen molar-refractivity contribution < 1.29 is 9.53 Å². The van der Waals surface area contributed by atoms with Gasteiger partial charge in [-0.05, 0) is 11.6 Å². The van der Waals surface area contributed by atoms with Crippen LogP contribution in [0.2, 0.25) is 0 Å². The zero-order chi connectivity index (χ0) is 18.4. The lowest BCUT2D eigenvalue weighted by atomic mass is 10.2. The van der Waals surface area contributed by atoms with E-state index in [-0.39, 0.29) is 12.3 Å². The first kappa shape index (κ1) is 17.2. The van der Waals surface area contributed by atoms with E-state index in [0.717, 1.165) is 5.56 Å². The van der Waals surface area contributed by atoms with E-state index in [1.807, 2.05) is 30.3 Å². The van der Waals surface area contributed by atoms with Crippen molar-refractivity contribution in [3.8, 4) is 11.3 Å². The van der Waals surface area contributed by atoms with Crippen molar-refractivity contribution in [3.05, 3.63) is 70.9 Å². The standard InChI is InChI=1S/C18H17N5O3/c1-19-16-10-20-9-15(22-16)13-7-14(17(24)21-8-13)23-18(25)26-11-12-5-3-2-4-6-12/h2-10H,11H2,1H3,(H,19,22)(H,21,24)(H,23,25). The molecule has 8 nitrogen and oxygen atoms in total. The molecule has 0 fully saturated rings. The number of aromatic nitrogens is 3. The minimum atomic E-state index is -0.716. The number of carbonyl (C=O) groups is 1. The van der Waals surface area contributed by atoms with Crippen molar-refractivity contribution in [2.75, 3.05) is 17.7 Å². The second-order valence-electron chi connectivity index (χ2n) is 5.36. The number of aromatic amines is 1. The van der Waals surface area contributed by atoms with Crippen LogP contribution in [0.15, 0.2) is 59.8 Å². The summed E-state index contributed by atoms with van der Waals surface area (Å²) in [7, 11) is 1.73. The van der Waals surface area contributed by atoms with E-state index in [9.17, 15) is 9.59 Å². The fraction of sp³-hybridized carbons (Fsp3) is 0.111. The summed E-state index contributed by atoms with van der Waals surface area (Å²) in [6.07, 6.45) is 3.93. The smallest absolute Gasteiger partial charge is 0.412 e. The Morgan fingerprint density at radius 2 is 2.04 bits per heavy atom. The monoisotopic (exact) mass is 351 g/mol. The van der Waals surface area contributed by atoms with Crippen LogP contribution in [0.25, 0.3) is 11.3 Å². The molecule has 1 amide bonds. The maximum absolute atomic E-state index is 12.0. The Labute approximate surface area is 149 Å². The van der Waals surface area contributed by atoms with Gasteiger partial charge in [-0.1, -0.05) is 30.3 Å². The molecular formula is C18H17N5O3. The topological polar surface area (TPSA) is 109 Å². The molecular weight excluding hydrogens is 334 g/mol. The van der Waals surface area contributed by atoms with Gasteiger partial charge in [0.25, 0.3) is 5.56 Å². The molecule has 0 saturated carbocycles. The van der Waals surface area contributed by atoms with Gasteiger partial charge in [0.2, 0.25) is 0 Å². The van der Waals surface area contributed by atoms with Gasteiger partial charge in [-0.3, -0.25) is 15.1 Å². The SMILES string of the molecule is CNc1cncc(-c2c[nH]c(=O)c(NC(=O)OCc3ccccc3)c2)n1. The highest BCUT2D eigenvalue weighted by Crippen LogP contribution is 2.18. The molecule has 1 aromatic carbocycles. The third kappa shape index (κ3) is 4.23. The summed E-state index contributed by atoms with van der Waals surface area (Å²) in [5.74, 6) is 0.588. The number of hydrogen-bond donors (Lipinski definition) is 3. The number of carbonyl (C=O) groups excluding carboxylic acids is 1. The summed E-state index contributed by atoms with van der Waals surface area (Å²) in [4.78, 5) is 34.9. The van der Waals surface area contributed by atoms with Crippen molar-refractivity contribution in [2.45, 2.75) is 6.61 Å². The molecule has 0 spiro atoms. The summed E-state index contributed by atoms with van der Waals surface area (Å²) < 4.78 is 5.13. The lowest BCUT2D eigenvalue weighted by Gasteiger charge is -2.08. The molecule has 3 rings (SSSR count). The van der Waals surface area contributed by atoms with Gasteiger partial charge in [-0.25, -0.2) is 9.78 Å². The Hall–Kier alpha value is -3.68. The number of anilines is 2. The lowest BCUT2D eigenvalue weighted by Crippen LogP contribution is -2.20. The molecule has 0 aliphatic heterocycles. The lowest BCUT2D eigenvalue weighted by molar-refractivity contribution is 0.155. The molecule has 2 aromatic heterocycles. The summed E-state index contributed by atoms with van der Waals surface area (Å²) in [6.45, 7) is 0.111. The first-order valence-electron chi connectivity index (χ1n) is 7.86. The van der Waals surface area contributed by atoms with E-state index >= 15 is 0 Å². The minimum Gasteiger partial charge on any atom is -0.444 e. The van der Waals surface area contributed by atoms with E-state index in [1.54, 1.807) is 19.4 Å². The Balaban J connectivity index is 1.73. The van der Waals surface area contributed by atoms with Crippen LogP contribution >= 0.6 is 0 Å². The maximum atomic E-state index is 12.0. The molecule has 0 saturated heterocycles. The number of amides is 1. The quantitative estimate of drug-likeness (QED) is 0.652. The van der Waals surface area contributed by atoms with Gasteiger partial charge in [-0.2, -0.15) is 0 Å². The fourth-order valence-electron chi connectivity index (χ4n) is 2.22. The van der Waals surface area contributed by atoms with Gasteiger partial charge < -0.3 is 15.0 Å². The predicted octanol–water partition coefficient (Wildman–Crippen LogP) is 2.62. The van der Waals surface area contributed by atoms with E-state index < -0.39 is 11.7 Å². The Bertz CT molecular complexity index is 956. The number of nitrogens with zero attached hydrogens (tertiary/aromatic N) is 2. The Morgan fingerprint density at radius 1 is 1.23 bits per heavy atom. The molecule has 0 radical (unpaired) electrons. The average molecular weight is 351 g/mol. The molecule has 26 heavy (non-hydrogen) atoms. The van der Waals surface area contributed by atoms with Crippen LogP contribution in [0.3, 0.4) is 0 Å². The van der Waals surface area contributed by atoms with E-state index in [0.29, 0.717) is 17.1 Å². The highest BCUT2D eigenvalue weighted by molar-refractivity contribution is 5.85. The van der Waals surface area contributed by atoms with Gasteiger partial charge in [0.05, 0.1) is 18.1 Å². The number of pyridine rings is 1. The number of benzene rings is 1. The van der Waals surface area contributed by atoms with Gasteiger partial charge in [0.15, 0.2) is 0 Å². The number of nitrogens with one attached hydrogen (secondary N) is 3. The van der Waals surface area contributed by atoms with Crippen LogP contribution < -0.4 is 16.2 Å². The van der Waals surface area contributed by atoms with Crippen molar-refractivity contribution in [1.29, 1.82) is 0 Å². The third-order valence-corrected chi connectivity index (χ3v) is 3.54. The van der Waals surface area contributed by atoms with Gasteiger partial charge >= 0.3 is 6.09 Å². The maximum Gasteiger partial charge on any atom is 0.412 e. The van der Waals surface area contributed by atoms with Crippen LogP contribution in [0.5, 0.6) is 0 Å². The van der Waals surface area contributed by atoms with Crippen molar-refractivity contribution in [2.24, 2.45) is 0 Å². The predicted molar refractivity (Wildman–Crippen MR) is 97.9 cm³/mol. The minimum absolute atomic E-state index is 0.0669. The molecule has 0 unspecified atom stereocenters. The summed E-state index contributed by atoms with van der Waals surface area (Å²) in [5, 5.41) is 5.34. The largest absolute Gasteiger partial charge is 0.444 e. The normalized spacial score (nSPS) is 10.2. The summed E-state index contributed by atoms with van der Waals surface area (Å²) in [5.41, 5.74) is 1.63. The zero-order valence-electron chi connectivity index (χ0n) is 14.0. The Kier molecular flexibility index (Phi) is 5.23. The van der Waals surface area contributed by atoms with Gasteiger partial charge in [0, 0.05) is 18.8 Å². The van der Waals surface area contributed by atoms with Crippen LogP contribution in [-0.4, -0.2) is 28.1 Å². The van der Waals surface area contributed by atoms with E-state index in [4.69, 9.17) is 4.74 Å². The molecule has 132 valence electrons. The molecule has 0 bridgehead atoms. The molecule has 3 N–H and O–H groups in total. The van der Waals surface area contributed by atoms with Crippen molar-refractivity contribution in [1.82, 2.24) is 15.0 Å². The van der Waals surface area contributed by atoms with Crippen LogP contribution in [-0.2, 0) is 11.3 Å². The molecule has 0 atom stereocenters. The number of ether oxygens (including phenoxy) is 1. The van der Waals surface area contributed by atoms with E-state index in [2.05, 4.69) is 25.6 Å². The summed E-state index contributed by atoms with van der Waals surface area (Å²) in [6, 6.07) is 10.8. The molecule has 0 aliphatic carbocycles. The second kappa shape index (κ2) is 7.93. The molecule has 8 heteroatoms. The fourth-order valence-corrected chi connectivity index (χ4v) is 2.22. The zero-order valence-corrected chi connectivity index (χ0v) is 14.0. The van der Waals surface area contributed by atoms with Gasteiger partial charge in [-0.15, -0.1) is 0 Å². The number of hydrogen-bond acceptors (Lipinski definition) is 6. The average Bonchev–Trinajstić information content (AvgIpc) is 2.69. The van der Waals surface area contributed by atoms with Crippen molar-refractivity contribution in [3.63, 3.8) is 0 Å². The number of H-pyrrole nitrogens is 1. The van der Waals surface area contributed by atoms with E-state index in [1.165, 1.54) is 12.3 Å². The first-order valence-corrected chi connectivity index (χ1v) is 7.86. The van der Waals surface area contributed by atoms with Gasteiger partial charge in [0.1, 0.15) is 18.1 Å². The Morgan fingerprint density at radius 3 is 2.81 bits per heavy atom. The molecule has 3 aromatic rings.